The number of rotatable bonds is 4. The molecule has 2 heterocycles. The van der Waals surface area contributed by atoms with Gasteiger partial charge in [-0.25, -0.2) is 0 Å². The molecule has 0 unspecified atom stereocenters. The molecule has 7 aromatic carbocycles. The van der Waals surface area contributed by atoms with Gasteiger partial charge in [0.05, 0.1) is 22.1 Å². The Morgan fingerprint density at radius 3 is 1.20 bits per heavy atom. The van der Waals surface area contributed by atoms with Gasteiger partial charge in [-0.3, -0.25) is 0 Å². The Morgan fingerprint density at radius 1 is 0.304 bits per heavy atom. The van der Waals surface area contributed by atoms with E-state index >= 15 is 0 Å². The minimum Gasteiger partial charge on any atom is -0.309 e. The molecule has 0 N–H and O–H groups in total. The zero-order chi connectivity index (χ0) is 30.8. The van der Waals surface area contributed by atoms with Crippen molar-refractivity contribution in [3.05, 3.63) is 169 Å². The average Bonchev–Trinajstić information content (AvgIpc) is 3.60. The average molecular weight is 589 g/mol. The van der Waals surface area contributed by atoms with E-state index in [0.717, 1.165) is 0 Å². The molecule has 0 fully saturated rings. The fraction of sp³-hybridized carbons (Fsp3) is 0.0455. The number of hydrogen-bond acceptors (Lipinski definition) is 0. The highest BCUT2D eigenvalue weighted by atomic mass is 15.0. The number of fused-ring (bicyclic) bond motifs is 6. The Kier molecular flexibility index (Phi) is 5.97. The lowest BCUT2D eigenvalue weighted by Crippen LogP contribution is -1.93. The maximum Gasteiger partial charge on any atom is 0.0541 e. The molecule has 9 rings (SSSR count). The fourth-order valence-corrected chi connectivity index (χ4v) is 7.39. The van der Waals surface area contributed by atoms with Crippen molar-refractivity contribution in [1.29, 1.82) is 0 Å². The molecule has 0 atom stereocenters. The summed E-state index contributed by atoms with van der Waals surface area (Å²) in [5, 5.41) is 5.05. The van der Waals surface area contributed by atoms with E-state index in [9.17, 15) is 0 Å². The van der Waals surface area contributed by atoms with E-state index < -0.39 is 0 Å². The standard InChI is InChI=1S/C44H32N2/c1-29-23-30(2)25-34(24-29)33-19-22-44-40(28-33)39-27-32(18-21-43(39)46(44)36-13-7-4-8-14-36)31-17-20-42-38(26-31)37-15-9-10-16-41(37)45(42)35-11-5-3-6-12-35/h3-28H,1-2H3. The summed E-state index contributed by atoms with van der Waals surface area (Å²) in [6.45, 7) is 4.35. The van der Waals surface area contributed by atoms with Gasteiger partial charge in [-0.05, 0) is 103 Å². The fourth-order valence-electron chi connectivity index (χ4n) is 7.39. The van der Waals surface area contributed by atoms with Gasteiger partial charge in [0.15, 0.2) is 0 Å². The summed E-state index contributed by atoms with van der Waals surface area (Å²) in [5.41, 5.74) is 14.7. The van der Waals surface area contributed by atoms with Crippen LogP contribution in [0.25, 0.3) is 77.2 Å². The molecule has 0 saturated heterocycles. The van der Waals surface area contributed by atoms with Gasteiger partial charge in [-0.2, -0.15) is 0 Å². The van der Waals surface area contributed by atoms with Crippen molar-refractivity contribution in [2.75, 3.05) is 0 Å². The van der Waals surface area contributed by atoms with Crippen LogP contribution >= 0.6 is 0 Å². The van der Waals surface area contributed by atoms with E-state index in [1.807, 2.05) is 0 Å². The predicted octanol–water partition coefficient (Wildman–Crippen LogP) is 11.8. The largest absolute Gasteiger partial charge is 0.309 e. The van der Waals surface area contributed by atoms with Crippen molar-refractivity contribution in [3.63, 3.8) is 0 Å². The summed E-state index contributed by atoms with van der Waals surface area (Å²) < 4.78 is 4.77. The molecule has 9 aromatic rings. The van der Waals surface area contributed by atoms with Gasteiger partial charge < -0.3 is 9.13 Å². The van der Waals surface area contributed by atoms with Gasteiger partial charge in [0.2, 0.25) is 0 Å². The Labute approximate surface area is 268 Å². The maximum absolute atomic E-state index is 2.40. The summed E-state index contributed by atoms with van der Waals surface area (Å²) in [6.07, 6.45) is 0. The first-order chi connectivity index (χ1) is 22.6. The Hall–Kier alpha value is -5.86. The summed E-state index contributed by atoms with van der Waals surface area (Å²) in [7, 11) is 0. The van der Waals surface area contributed by atoms with Gasteiger partial charge in [-0.15, -0.1) is 0 Å². The Morgan fingerprint density at radius 2 is 0.696 bits per heavy atom. The minimum atomic E-state index is 1.17. The lowest BCUT2D eigenvalue weighted by atomic mass is 9.98. The first-order valence-corrected chi connectivity index (χ1v) is 15.9. The molecule has 46 heavy (non-hydrogen) atoms. The van der Waals surface area contributed by atoms with Crippen molar-refractivity contribution < 1.29 is 0 Å². The second kappa shape index (κ2) is 10.4. The summed E-state index contributed by atoms with van der Waals surface area (Å²) >= 11 is 0. The van der Waals surface area contributed by atoms with Crippen molar-refractivity contribution in [2.24, 2.45) is 0 Å². The molecule has 2 aromatic heterocycles. The molecule has 0 spiro atoms. The van der Waals surface area contributed by atoms with Crippen LogP contribution in [0.2, 0.25) is 0 Å². The summed E-state index contributed by atoms with van der Waals surface area (Å²) in [6, 6.07) is 57.8. The van der Waals surface area contributed by atoms with E-state index in [1.165, 1.54) is 88.4 Å². The molecule has 0 amide bonds. The summed E-state index contributed by atoms with van der Waals surface area (Å²) in [4.78, 5) is 0. The van der Waals surface area contributed by atoms with Crippen LogP contribution in [-0.2, 0) is 0 Å². The third-order valence-corrected chi connectivity index (χ3v) is 9.35. The van der Waals surface area contributed by atoms with E-state index in [4.69, 9.17) is 0 Å². The number of hydrogen-bond donors (Lipinski definition) is 0. The molecular formula is C44H32N2. The smallest absolute Gasteiger partial charge is 0.0541 e. The van der Waals surface area contributed by atoms with Gasteiger partial charge in [0.1, 0.15) is 0 Å². The van der Waals surface area contributed by atoms with E-state index in [-0.39, 0.29) is 0 Å². The first-order valence-electron chi connectivity index (χ1n) is 15.9. The highest BCUT2D eigenvalue weighted by Gasteiger charge is 2.17. The van der Waals surface area contributed by atoms with Crippen LogP contribution < -0.4 is 0 Å². The maximum atomic E-state index is 2.40. The van der Waals surface area contributed by atoms with E-state index in [2.05, 4.69) is 181 Å². The molecule has 0 aliphatic carbocycles. The highest BCUT2D eigenvalue weighted by Crippen LogP contribution is 2.39. The number of benzene rings is 7. The van der Waals surface area contributed by atoms with Crippen molar-refractivity contribution in [1.82, 2.24) is 9.13 Å². The molecule has 0 aliphatic heterocycles. The van der Waals surface area contributed by atoms with Crippen LogP contribution in [-0.4, -0.2) is 9.13 Å². The topological polar surface area (TPSA) is 9.86 Å². The van der Waals surface area contributed by atoms with Crippen molar-refractivity contribution in [2.45, 2.75) is 13.8 Å². The number of para-hydroxylation sites is 3. The third kappa shape index (κ3) is 4.18. The van der Waals surface area contributed by atoms with Crippen LogP contribution in [0.3, 0.4) is 0 Å². The predicted molar refractivity (Wildman–Crippen MR) is 195 cm³/mol. The zero-order valence-electron chi connectivity index (χ0n) is 25.9. The van der Waals surface area contributed by atoms with Crippen molar-refractivity contribution >= 4 is 43.6 Å². The van der Waals surface area contributed by atoms with Crippen LogP contribution in [0.1, 0.15) is 11.1 Å². The third-order valence-electron chi connectivity index (χ3n) is 9.35. The van der Waals surface area contributed by atoms with Crippen LogP contribution in [0.5, 0.6) is 0 Å². The van der Waals surface area contributed by atoms with Gasteiger partial charge >= 0.3 is 0 Å². The normalized spacial score (nSPS) is 11.7. The number of aryl methyl sites for hydroxylation is 2. The number of aromatic nitrogens is 2. The highest BCUT2D eigenvalue weighted by molar-refractivity contribution is 6.13. The zero-order valence-corrected chi connectivity index (χ0v) is 25.9. The Bertz CT molecular complexity index is 2560. The first kappa shape index (κ1) is 26.5. The quantitative estimate of drug-likeness (QED) is 0.194. The van der Waals surface area contributed by atoms with Crippen LogP contribution in [0.15, 0.2) is 158 Å². The van der Waals surface area contributed by atoms with Gasteiger partial charge in [-0.1, -0.05) is 102 Å². The molecule has 0 saturated carbocycles. The molecule has 2 heteroatoms. The van der Waals surface area contributed by atoms with Crippen molar-refractivity contribution in [3.8, 4) is 33.6 Å². The van der Waals surface area contributed by atoms with Gasteiger partial charge in [0.25, 0.3) is 0 Å². The molecule has 0 radical (unpaired) electrons. The lowest BCUT2D eigenvalue weighted by molar-refractivity contribution is 1.18. The summed E-state index contributed by atoms with van der Waals surface area (Å²) in [5.74, 6) is 0. The molecular weight excluding hydrogens is 556 g/mol. The second-order valence-corrected chi connectivity index (χ2v) is 12.4. The molecule has 0 aliphatic rings. The molecule has 2 nitrogen and oxygen atoms in total. The van der Waals surface area contributed by atoms with Gasteiger partial charge in [0, 0.05) is 32.9 Å². The SMILES string of the molecule is Cc1cc(C)cc(-c2ccc3c(c2)c2cc(-c4ccc5c(c4)c4ccccc4n5-c4ccccc4)ccc2n3-c2ccccc2)c1. The molecule has 218 valence electrons. The number of nitrogens with zero attached hydrogens (tertiary/aromatic N) is 2. The monoisotopic (exact) mass is 588 g/mol. The Balaban J connectivity index is 1.28. The minimum absolute atomic E-state index is 1.17. The van der Waals surface area contributed by atoms with E-state index in [1.54, 1.807) is 0 Å². The van der Waals surface area contributed by atoms with Crippen LogP contribution in [0.4, 0.5) is 0 Å². The van der Waals surface area contributed by atoms with E-state index in [0.29, 0.717) is 0 Å². The lowest BCUT2D eigenvalue weighted by Gasteiger charge is -2.09. The van der Waals surface area contributed by atoms with Crippen LogP contribution in [0, 0.1) is 13.8 Å². The second-order valence-electron chi connectivity index (χ2n) is 12.4. The molecule has 0 bridgehead atoms.